The van der Waals surface area contributed by atoms with E-state index in [2.05, 4.69) is 12.2 Å². The predicted molar refractivity (Wildman–Crippen MR) is 132 cm³/mol. The van der Waals surface area contributed by atoms with Gasteiger partial charge in [-0.1, -0.05) is 54.6 Å². The molecule has 0 spiro atoms. The predicted octanol–water partition coefficient (Wildman–Crippen LogP) is 4.46. The molecule has 0 aliphatic heterocycles. The summed E-state index contributed by atoms with van der Waals surface area (Å²) in [5, 5.41) is 13.9. The van der Waals surface area contributed by atoms with Crippen LogP contribution in [0.5, 0.6) is 11.5 Å². The maximum atomic E-state index is 11.4. The molecule has 2 atom stereocenters. The SMILES string of the molecule is CCOC(=O)COc1ccc(C[C@@H](C)NC[C@H](O)c2ccc(OCc3ccccc3)cc2)cc1. The van der Waals surface area contributed by atoms with Crippen LogP contribution in [0.2, 0.25) is 0 Å². The van der Waals surface area contributed by atoms with E-state index >= 15 is 0 Å². The Kier molecular flexibility index (Phi) is 9.95. The van der Waals surface area contributed by atoms with Gasteiger partial charge in [0, 0.05) is 12.6 Å². The van der Waals surface area contributed by atoms with Crippen molar-refractivity contribution < 1.29 is 24.1 Å². The molecule has 180 valence electrons. The minimum absolute atomic E-state index is 0.0941. The zero-order chi connectivity index (χ0) is 24.2. The molecule has 0 amide bonds. The molecule has 6 heteroatoms. The van der Waals surface area contributed by atoms with Crippen LogP contribution in [0.25, 0.3) is 0 Å². The topological polar surface area (TPSA) is 77.0 Å². The van der Waals surface area contributed by atoms with Crippen LogP contribution < -0.4 is 14.8 Å². The second-order valence-corrected chi connectivity index (χ2v) is 8.11. The van der Waals surface area contributed by atoms with Crippen molar-refractivity contribution in [3.05, 3.63) is 95.6 Å². The molecule has 0 saturated carbocycles. The average Bonchev–Trinajstić information content (AvgIpc) is 2.87. The highest BCUT2D eigenvalue weighted by Gasteiger charge is 2.11. The van der Waals surface area contributed by atoms with E-state index in [1.807, 2.05) is 78.9 Å². The van der Waals surface area contributed by atoms with E-state index in [1.54, 1.807) is 6.92 Å². The Bertz CT molecular complexity index is 990. The van der Waals surface area contributed by atoms with E-state index in [0.717, 1.165) is 28.9 Å². The van der Waals surface area contributed by atoms with Gasteiger partial charge in [0.25, 0.3) is 0 Å². The van der Waals surface area contributed by atoms with Gasteiger partial charge in [0.15, 0.2) is 6.61 Å². The van der Waals surface area contributed by atoms with E-state index in [-0.39, 0.29) is 18.6 Å². The van der Waals surface area contributed by atoms with E-state index in [9.17, 15) is 9.90 Å². The van der Waals surface area contributed by atoms with Crippen LogP contribution in [0.1, 0.15) is 36.6 Å². The molecule has 3 rings (SSSR count). The zero-order valence-electron chi connectivity index (χ0n) is 19.8. The van der Waals surface area contributed by atoms with Crippen molar-refractivity contribution >= 4 is 5.97 Å². The zero-order valence-corrected chi connectivity index (χ0v) is 19.8. The summed E-state index contributed by atoms with van der Waals surface area (Å²) in [5.74, 6) is 1.03. The standard InChI is InChI=1S/C28H33NO5/c1-3-32-28(31)20-34-25-13-9-22(10-14-25)17-21(2)29-18-27(30)24-11-15-26(16-12-24)33-19-23-7-5-4-6-8-23/h4-16,21,27,29-30H,3,17-20H2,1-2H3/t21-,27+/m1/s1. The van der Waals surface area contributed by atoms with Gasteiger partial charge in [-0.25, -0.2) is 4.79 Å². The number of aliphatic hydroxyl groups is 1. The lowest BCUT2D eigenvalue weighted by Gasteiger charge is -2.18. The lowest BCUT2D eigenvalue weighted by Crippen LogP contribution is -2.32. The van der Waals surface area contributed by atoms with E-state index in [4.69, 9.17) is 14.2 Å². The number of aliphatic hydroxyl groups excluding tert-OH is 1. The molecule has 0 radical (unpaired) electrons. The lowest BCUT2D eigenvalue weighted by molar-refractivity contribution is -0.145. The number of ether oxygens (including phenoxy) is 3. The van der Waals surface area contributed by atoms with Crippen LogP contribution in [0.4, 0.5) is 0 Å². The van der Waals surface area contributed by atoms with Crippen LogP contribution in [0, 0.1) is 0 Å². The number of hydrogen-bond acceptors (Lipinski definition) is 6. The molecule has 0 saturated heterocycles. The molecular weight excluding hydrogens is 430 g/mol. The monoisotopic (exact) mass is 463 g/mol. The summed E-state index contributed by atoms with van der Waals surface area (Å²) in [6.07, 6.45) is 0.196. The smallest absolute Gasteiger partial charge is 0.344 e. The number of esters is 1. The van der Waals surface area contributed by atoms with Gasteiger partial charge in [-0.05, 0) is 61.2 Å². The van der Waals surface area contributed by atoms with Gasteiger partial charge >= 0.3 is 5.97 Å². The quantitative estimate of drug-likeness (QED) is 0.365. The van der Waals surface area contributed by atoms with Gasteiger partial charge in [0.05, 0.1) is 12.7 Å². The van der Waals surface area contributed by atoms with E-state index in [1.165, 1.54) is 0 Å². The Hall–Kier alpha value is -3.35. The number of hydrogen-bond donors (Lipinski definition) is 2. The second-order valence-electron chi connectivity index (χ2n) is 8.11. The third kappa shape index (κ3) is 8.54. The van der Waals surface area contributed by atoms with Gasteiger partial charge in [-0.3, -0.25) is 0 Å². The summed E-state index contributed by atoms with van der Waals surface area (Å²) >= 11 is 0. The average molecular weight is 464 g/mol. The fraction of sp³-hybridized carbons (Fsp3) is 0.321. The van der Waals surface area contributed by atoms with Crippen molar-refractivity contribution in [1.82, 2.24) is 5.32 Å². The highest BCUT2D eigenvalue weighted by Crippen LogP contribution is 2.19. The van der Waals surface area contributed by atoms with Crippen molar-refractivity contribution in [2.24, 2.45) is 0 Å². The normalized spacial score (nSPS) is 12.6. The summed E-state index contributed by atoms with van der Waals surface area (Å²) < 4.78 is 16.1. The first-order valence-electron chi connectivity index (χ1n) is 11.6. The Morgan fingerprint density at radius 2 is 1.53 bits per heavy atom. The third-order valence-electron chi connectivity index (χ3n) is 5.30. The lowest BCUT2D eigenvalue weighted by atomic mass is 10.1. The summed E-state index contributed by atoms with van der Waals surface area (Å²) in [6.45, 7) is 5.06. The van der Waals surface area contributed by atoms with Crippen LogP contribution >= 0.6 is 0 Å². The number of nitrogens with one attached hydrogen (secondary N) is 1. The van der Waals surface area contributed by atoms with Gasteiger partial charge in [-0.15, -0.1) is 0 Å². The number of carbonyl (C=O) groups is 1. The highest BCUT2D eigenvalue weighted by atomic mass is 16.6. The Labute approximate surface area is 201 Å². The Morgan fingerprint density at radius 1 is 0.882 bits per heavy atom. The fourth-order valence-electron chi connectivity index (χ4n) is 3.45. The van der Waals surface area contributed by atoms with Crippen molar-refractivity contribution in [2.45, 2.75) is 39.0 Å². The second kappa shape index (κ2) is 13.4. The van der Waals surface area contributed by atoms with E-state index in [0.29, 0.717) is 25.5 Å². The van der Waals surface area contributed by atoms with E-state index < -0.39 is 6.10 Å². The summed E-state index contributed by atoms with van der Waals surface area (Å²) in [7, 11) is 0. The Balaban J connectivity index is 1.39. The first-order chi connectivity index (χ1) is 16.5. The van der Waals surface area contributed by atoms with Crippen molar-refractivity contribution in [3.8, 4) is 11.5 Å². The van der Waals surface area contributed by atoms with Crippen molar-refractivity contribution in [2.75, 3.05) is 19.8 Å². The number of carbonyl (C=O) groups excluding carboxylic acids is 1. The van der Waals surface area contributed by atoms with Crippen molar-refractivity contribution in [3.63, 3.8) is 0 Å². The van der Waals surface area contributed by atoms with Gasteiger partial charge < -0.3 is 24.6 Å². The summed E-state index contributed by atoms with van der Waals surface area (Å²) in [4.78, 5) is 11.4. The van der Waals surface area contributed by atoms with Crippen LogP contribution in [-0.2, 0) is 22.6 Å². The summed E-state index contributed by atoms with van der Waals surface area (Å²) in [6, 6.07) is 25.4. The minimum Gasteiger partial charge on any atom is -0.489 e. The van der Waals surface area contributed by atoms with Crippen molar-refractivity contribution in [1.29, 1.82) is 0 Å². The molecule has 0 aliphatic rings. The Morgan fingerprint density at radius 3 is 2.21 bits per heavy atom. The molecule has 0 fully saturated rings. The molecule has 0 aliphatic carbocycles. The number of rotatable bonds is 13. The molecule has 0 aromatic heterocycles. The maximum Gasteiger partial charge on any atom is 0.344 e. The van der Waals surface area contributed by atoms with Gasteiger partial charge in [0.2, 0.25) is 0 Å². The minimum atomic E-state index is -0.607. The first-order valence-corrected chi connectivity index (χ1v) is 11.6. The molecule has 0 unspecified atom stereocenters. The van der Waals surface area contributed by atoms with Gasteiger partial charge in [-0.2, -0.15) is 0 Å². The molecule has 6 nitrogen and oxygen atoms in total. The highest BCUT2D eigenvalue weighted by molar-refractivity contribution is 5.71. The van der Waals surface area contributed by atoms with Crippen LogP contribution in [0.3, 0.4) is 0 Å². The maximum absolute atomic E-state index is 11.4. The summed E-state index contributed by atoms with van der Waals surface area (Å²) in [5.41, 5.74) is 3.09. The molecule has 3 aromatic carbocycles. The number of benzene rings is 3. The first kappa shape index (κ1) is 25.3. The molecule has 0 bridgehead atoms. The van der Waals surface area contributed by atoms with Crippen LogP contribution in [-0.4, -0.2) is 36.9 Å². The van der Waals surface area contributed by atoms with Crippen LogP contribution in [0.15, 0.2) is 78.9 Å². The fourth-order valence-corrected chi connectivity index (χ4v) is 3.45. The molecule has 34 heavy (non-hydrogen) atoms. The van der Waals surface area contributed by atoms with Gasteiger partial charge in [0.1, 0.15) is 18.1 Å². The largest absolute Gasteiger partial charge is 0.489 e. The molecule has 2 N–H and O–H groups in total. The third-order valence-corrected chi connectivity index (χ3v) is 5.30. The molecule has 3 aromatic rings. The molecule has 0 heterocycles. The molecular formula is C28H33NO5.